The Labute approximate surface area is 181 Å². The molecule has 1 saturated heterocycles. The molecule has 1 atom stereocenters. The topological polar surface area (TPSA) is 63.4 Å². The number of hydrogen-bond donors (Lipinski definition) is 1. The lowest BCUT2D eigenvalue weighted by atomic mass is 9.80. The summed E-state index contributed by atoms with van der Waals surface area (Å²) >= 11 is 1.71. The summed E-state index contributed by atoms with van der Waals surface area (Å²) in [6, 6.07) is 20.4. The highest BCUT2D eigenvalue weighted by molar-refractivity contribution is 7.13. The van der Waals surface area contributed by atoms with Gasteiger partial charge in [-0.15, -0.1) is 11.3 Å². The van der Waals surface area contributed by atoms with E-state index >= 15 is 0 Å². The van der Waals surface area contributed by atoms with Crippen LogP contribution in [0.15, 0.2) is 66.0 Å². The lowest BCUT2D eigenvalue weighted by Gasteiger charge is -2.26. The average Bonchev–Trinajstić information content (AvgIpc) is 3.40. The number of amides is 2. The summed E-state index contributed by atoms with van der Waals surface area (Å²) in [7, 11) is 0. The molecule has 1 aliphatic heterocycles. The van der Waals surface area contributed by atoms with Crippen LogP contribution in [0.5, 0.6) is 0 Å². The quantitative estimate of drug-likeness (QED) is 0.652. The molecule has 2 amide bonds. The number of nitrogens with zero attached hydrogens (tertiary/aromatic N) is 1. The minimum atomic E-state index is -0.702. The van der Waals surface area contributed by atoms with Crippen LogP contribution < -0.4 is 5.73 Å². The summed E-state index contributed by atoms with van der Waals surface area (Å²) < 4.78 is 0. The first kappa shape index (κ1) is 20.4. The Morgan fingerprint density at radius 1 is 1.07 bits per heavy atom. The van der Waals surface area contributed by atoms with Gasteiger partial charge in [-0.3, -0.25) is 9.59 Å². The van der Waals surface area contributed by atoms with Gasteiger partial charge in [-0.05, 0) is 47.9 Å². The zero-order valence-electron chi connectivity index (χ0n) is 17.1. The fourth-order valence-electron chi connectivity index (χ4n) is 4.25. The highest BCUT2D eigenvalue weighted by Gasteiger charge is 2.44. The van der Waals surface area contributed by atoms with Crippen molar-refractivity contribution in [1.82, 2.24) is 4.90 Å². The Kier molecular flexibility index (Phi) is 5.73. The Hall–Kier alpha value is -2.92. The lowest BCUT2D eigenvalue weighted by molar-refractivity contribution is -0.131. The standard InChI is InChI=1S/C25H26N2O2S/c1-18-4-2-5-20(14-18)15-23(28)27-12-11-25(17-27,24(26)29)16-19-7-9-21(10-8-19)22-6-3-13-30-22/h2-10,13-14H,11-12,15-17H2,1H3,(H2,26,29). The van der Waals surface area contributed by atoms with Crippen molar-refractivity contribution in [3.63, 3.8) is 0 Å². The maximum absolute atomic E-state index is 12.8. The van der Waals surface area contributed by atoms with Crippen LogP contribution in [0.2, 0.25) is 0 Å². The molecule has 30 heavy (non-hydrogen) atoms. The van der Waals surface area contributed by atoms with Gasteiger partial charge in [0.15, 0.2) is 0 Å². The van der Waals surface area contributed by atoms with Crippen LogP contribution in [-0.2, 0) is 22.4 Å². The third-order valence-electron chi connectivity index (χ3n) is 5.97. The number of hydrogen-bond acceptors (Lipinski definition) is 3. The first-order valence-electron chi connectivity index (χ1n) is 10.2. The number of aryl methyl sites for hydroxylation is 1. The molecule has 1 aliphatic rings. The smallest absolute Gasteiger partial charge is 0.227 e. The molecule has 1 fully saturated rings. The van der Waals surface area contributed by atoms with Crippen LogP contribution in [0.25, 0.3) is 10.4 Å². The minimum absolute atomic E-state index is 0.0526. The van der Waals surface area contributed by atoms with Gasteiger partial charge < -0.3 is 10.6 Å². The largest absolute Gasteiger partial charge is 0.369 e. The first-order valence-corrected chi connectivity index (χ1v) is 11.1. The second kappa shape index (κ2) is 8.44. The van der Waals surface area contributed by atoms with Gasteiger partial charge in [0.05, 0.1) is 11.8 Å². The van der Waals surface area contributed by atoms with E-state index in [2.05, 4.69) is 35.7 Å². The molecule has 2 heterocycles. The van der Waals surface area contributed by atoms with Gasteiger partial charge in [-0.1, -0.05) is 60.2 Å². The second-order valence-electron chi connectivity index (χ2n) is 8.23. The number of thiophene rings is 1. The first-order chi connectivity index (χ1) is 14.4. The van der Waals surface area contributed by atoms with Crippen molar-refractivity contribution < 1.29 is 9.59 Å². The SMILES string of the molecule is Cc1cccc(CC(=O)N2CCC(Cc3ccc(-c4cccs4)cc3)(C(N)=O)C2)c1. The minimum Gasteiger partial charge on any atom is -0.369 e. The van der Waals surface area contributed by atoms with E-state index in [4.69, 9.17) is 5.73 Å². The molecule has 4 nitrogen and oxygen atoms in total. The van der Waals surface area contributed by atoms with Gasteiger partial charge in [0.1, 0.15) is 0 Å². The van der Waals surface area contributed by atoms with E-state index in [-0.39, 0.29) is 11.8 Å². The Balaban J connectivity index is 1.46. The average molecular weight is 419 g/mol. The van der Waals surface area contributed by atoms with Gasteiger partial charge >= 0.3 is 0 Å². The van der Waals surface area contributed by atoms with E-state index in [1.54, 1.807) is 16.2 Å². The summed E-state index contributed by atoms with van der Waals surface area (Å²) in [6.07, 6.45) is 1.52. The maximum Gasteiger partial charge on any atom is 0.227 e. The number of likely N-dealkylation sites (tertiary alicyclic amines) is 1. The van der Waals surface area contributed by atoms with Crippen LogP contribution in [-0.4, -0.2) is 29.8 Å². The monoisotopic (exact) mass is 418 g/mol. The fourth-order valence-corrected chi connectivity index (χ4v) is 4.98. The molecule has 5 heteroatoms. The van der Waals surface area contributed by atoms with Crippen molar-refractivity contribution in [2.24, 2.45) is 11.1 Å². The number of carbonyl (C=O) groups excluding carboxylic acids is 2. The van der Waals surface area contributed by atoms with Crippen molar-refractivity contribution in [3.8, 4) is 10.4 Å². The van der Waals surface area contributed by atoms with Gasteiger partial charge in [-0.25, -0.2) is 0 Å². The third-order valence-corrected chi connectivity index (χ3v) is 6.89. The van der Waals surface area contributed by atoms with E-state index in [0.717, 1.165) is 16.7 Å². The summed E-state index contributed by atoms with van der Waals surface area (Å²) in [5.74, 6) is -0.271. The van der Waals surface area contributed by atoms with Crippen LogP contribution in [0.1, 0.15) is 23.1 Å². The molecule has 1 unspecified atom stereocenters. The van der Waals surface area contributed by atoms with E-state index in [9.17, 15) is 9.59 Å². The summed E-state index contributed by atoms with van der Waals surface area (Å²) in [6.45, 7) is 2.98. The maximum atomic E-state index is 12.8. The molecule has 0 radical (unpaired) electrons. The Bertz CT molecular complexity index is 1040. The predicted molar refractivity (Wildman–Crippen MR) is 121 cm³/mol. The Morgan fingerprint density at radius 3 is 2.53 bits per heavy atom. The predicted octanol–water partition coefficient (Wildman–Crippen LogP) is 4.21. The van der Waals surface area contributed by atoms with E-state index in [0.29, 0.717) is 32.4 Å². The van der Waals surface area contributed by atoms with Crippen molar-refractivity contribution in [3.05, 3.63) is 82.7 Å². The number of benzene rings is 2. The highest BCUT2D eigenvalue weighted by Crippen LogP contribution is 2.35. The summed E-state index contributed by atoms with van der Waals surface area (Å²) in [5, 5.41) is 2.06. The summed E-state index contributed by atoms with van der Waals surface area (Å²) in [5.41, 5.74) is 9.53. The van der Waals surface area contributed by atoms with Gasteiger partial charge in [0.25, 0.3) is 0 Å². The molecule has 0 spiro atoms. The number of primary amides is 1. The van der Waals surface area contributed by atoms with Crippen molar-refractivity contribution in [1.29, 1.82) is 0 Å². The van der Waals surface area contributed by atoms with Crippen LogP contribution in [0.4, 0.5) is 0 Å². The molecule has 0 saturated carbocycles. The number of rotatable bonds is 6. The van der Waals surface area contributed by atoms with Crippen molar-refractivity contribution in [2.75, 3.05) is 13.1 Å². The summed E-state index contributed by atoms with van der Waals surface area (Å²) in [4.78, 5) is 28.3. The van der Waals surface area contributed by atoms with Crippen molar-refractivity contribution in [2.45, 2.75) is 26.2 Å². The molecular weight excluding hydrogens is 392 g/mol. The zero-order chi connectivity index (χ0) is 21.1. The number of nitrogens with two attached hydrogens (primary N) is 1. The van der Waals surface area contributed by atoms with Crippen molar-refractivity contribution >= 4 is 23.2 Å². The van der Waals surface area contributed by atoms with Gasteiger partial charge in [0, 0.05) is 18.0 Å². The normalized spacial score (nSPS) is 18.5. The van der Waals surface area contributed by atoms with Gasteiger partial charge in [-0.2, -0.15) is 0 Å². The molecule has 3 aromatic rings. The van der Waals surface area contributed by atoms with Gasteiger partial charge in [0.2, 0.25) is 11.8 Å². The molecule has 154 valence electrons. The highest BCUT2D eigenvalue weighted by atomic mass is 32.1. The zero-order valence-corrected chi connectivity index (χ0v) is 18.0. The molecule has 0 aliphatic carbocycles. The Morgan fingerprint density at radius 2 is 1.87 bits per heavy atom. The number of carbonyl (C=O) groups is 2. The molecule has 1 aromatic heterocycles. The molecular formula is C25H26N2O2S. The van der Waals surface area contributed by atoms with Crippen LogP contribution in [0, 0.1) is 12.3 Å². The van der Waals surface area contributed by atoms with Crippen LogP contribution in [0.3, 0.4) is 0 Å². The lowest BCUT2D eigenvalue weighted by Crippen LogP contribution is -2.42. The molecule has 2 N–H and O–H groups in total. The van der Waals surface area contributed by atoms with E-state index < -0.39 is 5.41 Å². The third kappa shape index (κ3) is 4.31. The molecule has 0 bridgehead atoms. The molecule has 4 rings (SSSR count). The fraction of sp³-hybridized carbons (Fsp3) is 0.280. The molecule has 2 aromatic carbocycles. The van der Waals surface area contributed by atoms with Crippen LogP contribution >= 0.6 is 11.3 Å². The van der Waals surface area contributed by atoms with E-state index in [1.165, 1.54) is 10.4 Å². The second-order valence-corrected chi connectivity index (χ2v) is 9.17. The van der Waals surface area contributed by atoms with E-state index in [1.807, 2.05) is 37.3 Å².